The molecule has 0 N–H and O–H groups in total. The number of nitro groups is 1. The van der Waals surface area contributed by atoms with E-state index in [1.165, 1.54) is 17.8 Å². The number of benzene rings is 2. The molecule has 0 unspecified atom stereocenters. The fourth-order valence-electron chi connectivity index (χ4n) is 3.24. The number of pyridine rings is 1. The van der Waals surface area contributed by atoms with E-state index in [0.29, 0.717) is 33.9 Å². The van der Waals surface area contributed by atoms with Crippen molar-refractivity contribution in [3.8, 4) is 0 Å². The molecule has 4 aromatic rings. The molecule has 30 heavy (non-hydrogen) atoms. The third kappa shape index (κ3) is 3.95. The van der Waals surface area contributed by atoms with Crippen molar-refractivity contribution in [1.29, 1.82) is 0 Å². The molecule has 7 nitrogen and oxygen atoms in total. The summed E-state index contributed by atoms with van der Waals surface area (Å²) >= 11 is 1.39. The predicted octanol–water partition coefficient (Wildman–Crippen LogP) is 4.35. The summed E-state index contributed by atoms with van der Waals surface area (Å²) in [5, 5.41) is 12.3. The number of hydrogen-bond donors (Lipinski definition) is 0. The number of hydrogen-bond acceptors (Lipinski definition) is 6. The van der Waals surface area contributed by atoms with Crippen molar-refractivity contribution < 1.29 is 4.92 Å². The minimum Gasteiger partial charge on any atom is -0.283 e. The molecule has 8 heteroatoms. The Morgan fingerprint density at radius 2 is 1.93 bits per heavy atom. The number of aromatic nitrogens is 3. The Morgan fingerprint density at radius 3 is 2.70 bits per heavy atom. The molecule has 2 aromatic heterocycles. The van der Waals surface area contributed by atoms with Crippen LogP contribution in [0.4, 0.5) is 5.69 Å². The average Bonchev–Trinajstić information content (AvgIpc) is 2.76. The molecule has 0 radical (unpaired) electrons. The smallest absolute Gasteiger partial charge is 0.272 e. The first kappa shape index (κ1) is 19.8. The zero-order valence-electron chi connectivity index (χ0n) is 16.2. The van der Waals surface area contributed by atoms with Gasteiger partial charge < -0.3 is 0 Å². The Morgan fingerprint density at radius 1 is 1.10 bits per heavy atom. The molecule has 2 aromatic carbocycles. The lowest BCUT2D eigenvalue weighted by Gasteiger charge is -2.14. The molecule has 0 atom stereocenters. The molecule has 0 saturated carbocycles. The molecule has 4 rings (SSSR count). The van der Waals surface area contributed by atoms with Gasteiger partial charge in [0.15, 0.2) is 5.16 Å². The van der Waals surface area contributed by atoms with Gasteiger partial charge in [0.25, 0.3) is 11.2 Å². The standard InChI is InChI=1S/C22H18N4O3S/c1-15-17(7-4-10-20(15)26(28)29)14-30-22-24-19-9-3-2-8-18(19)21(27)25(22)13-16-6-5-11-23-12-16/h2-12H,13-14H2,1H3. The second kappa shape index (κ2) is 8.46. The maximum absolute atomic E-state index is 13.2. The molecule has 0 spiro atoms. The largest absolute Gasteiger partial charge is 0.283 e. The van der Waals surface area contributed by atoms with Crippen molar-refractivity contribution in [2.24, 2.45) is 0 Å². The predicted molar refractivity (Wildman–Crippen MR) is 117 cm³/mol. The lowest BCUT2D eigenvalue weighted by molar-refractivity contribution is -0.385. The summed E-state index contributed by atoms with van der Waals surface area (Å²) in [5.41, 5.74) is 2.95. The van der Waals surface area contributed by atoms with E-state index in [-0.39, 0.29) is 16.2 Å². The minimum absolute atomic E-state index is 0.0901. The van der Waals surface area contributed by atoms with Crippen molar-refractivity contribution in [3.63, 3.8) is 0 Å². The summed E-state index contributed by atoms with van der Waals surface area (Å²) in [4.78, 5) is 32.9. The van der Waals surface area contributed by atoms with Crippen LogP contribution in [0, 0.1) is 17.0 Å². The van der Waals surface area contributed by atoms with Gasteiger partial charge in [0.05, 0.1) is 22.4 Å². The van der Waals surface area contributed by atoms with Crippen molar-refractivity contribution in [1.82, 2.24) is 14.5 Å². The monoisotopic (exact) mass is 418 g/mol. The molecule has 0 aliphatic heterocycles. The van der Waals surface area contributed by atoms with E-state index in [0.717, 1.165) is 11.1 Å². The number of para-hydroxylation sites is 1. The van der Waals surface area contributed by atoms with Gasteiger partial charge in [-0.25, -0.2) is 4.98 Å². The van der Waals surface area contributed by atoms with Gasteiger partial charge in [-0.3, -0.25) is 24.5 Å². The van der Waals surface area contributed by atoms with Gasteiger partial charge in [-0.05, 0) is 36.2 Å². The van der Waals surface area contributed by atoms with Crippen LogP contribution in [0.25, 0.3) is 10.9 Å². The van der Waals surface area contributed by atoms with Crippen molar-refractivity contribution in [3.05, 3.63) is 104 Å². The topological polar surface area (TPSA) is 90.9 Å². The number of fused-ring (bicyclic) bond motifs is 1. The molecule has 150 valence electrons. The van der Waals surface area contributed by atoms with E-state index in [1.54, 1.807) is 36.0 Å². The van der Waals surface area contributed by atoms with E-state index in [4.69, 9.17) is 4.98 Å². The van der Waals surface area contributed by atoms with Crippen LogP contribution < -0.4 is 5.56 Å². The van der Waals surface area contributed by atoms with Gasteiger partial charge >= 0.3 is 0 Å². The van der Waals surface area contributed by atoms with Crippen LogP contribution in [-0.2, 0) is 12.3 Å². The Kier molecular flexibility index (Phi) is 5.58. The van der Waals surface area contributed by atoms with Crippen LogP contribution in [-0.4, -0.2) is 19.5 Å². The Hall–Kier alpha value is -3.52. The Balaban J connectivity index is 1.74. The quantitative estimate of drug-likeness (QED) is 0.200. The van der Waals surface area contributed by atoms with Crippen molar-refractivity contribution in [2.75, 3.05) is 0 Å². The van der Waals surface area contributed by atoms with E-state index in [2.05, 4.69) is 4.98 Å². The van der Waals surface area contributed by atoms with Crippen LogP contribution >= 0.6 is 11.8 Å². The molecule has 0 amide bonds. The fourth-order valence-corrected chi connectivity index (χ4v) is 4.30. The molecular formula is C22H18N4O3S. The molecule has 0 aliphatic rings. The average molecular weight is 418 g/mol. The highest BCUT2D eigenvalue weighted by atomic mass is 32.2. The van der Waals surface area contributed by atoms with Gasteiger partial charge in [-0.1, -0.05) is 42.1 Å². The number of thioether (sulfide) groups is 1. The number of nitrogens with zero attached hydrogens (tertiary/aromatic N) is 4. The maximum atomic E-state index is 13.2. The fraction of sp³-hybridized carbons (Fsp3) is 0.136. The van der Waals surface area contributed by atoms with Crippen LogP contribution in [0.1, 0.15) is 16.7 Å². The van der Waals surface area contributed by atoms with Crippen LogP contribution in [0.2, 0.25) is 0 Å². The second-order valence-corrected chi connectivity index (χ2v) is 7.71. The lowest BCUT2D eigenvalue weighted by Crippen LogP contribution is -2.24. The summed E-state index contributed by atoms with van der Waals surface area (Å²) in [6, 6.07) is 16.0. The van der Waals surface area contributed by atoms with E-state index < -0.39 is 0 Å². The summed E-state index contributed by atoms with van der Waals surface area (Å²) in [6.07, 6.45) is 3.41. The number of rotatable bonds is 6. The van der Waals surface area contributed by atoms with Crippen molar-refractivity contribution >= 4 is 28.4 Å². The first-order valence-corrected chi connectivity index (χ1v) is 10.3. The first-order valence-electron chi connectivity index (χ1n) is 9.29. The van der Waals surface area contributed by atoms with Gasteiger partial charge in [0, 0.05) is 29.8 Å². The summed E-state index contributed by atoms with van der Waals surface area (Å²) in [5.74, 6) is 0.464. The molecule has 2 heterocycles. The third-order valence-corrected chi connectivity index (χ3v) is 5.89. The Bertz CT molecular complexity index is 1290. The van der Waals surface area contributed by atoms with Crippen LogP contribution in [0.3, 0.4) is 0 Å². The highest BCUT2D eigenvalue weighted by Crippen LogP contribution is 2.28. The molecule has 0 bridgehead atoms. The van der Waals surface area contributed by atoms with E-state index in [1.807, 2.05) is 36.4 Å². The highest BCUT2D eigenvalue weighted by molar-refractivity contribution is 7.98. The third-order valence-electron chi connectivity index (χ3n) is 4.86. The Labute approximate surface area is 176 Å². The zero-order chi connectivity index (χ0) is 21.1. The van der Waals surface area contributed by atoms with Gasteiger partial charge in [0.1, 0.15) is 0 Å². The zero-order valence-corrected chi connectivity index (χ0v) is 17.0. The summed E-state index contributed by atoms with van der Waals surface area (Å²) < 4.78 is 1.64. The first-order chi connectivity index (χ1) is 14.5. The normalized spacial score (nSPS) is 11.0. The molecule has 0 saturated heterocycles. The van der Waals surface area contributed by atoms with Crippen LogP contribution in [0.5, 0.6) is 0 Å². The summed E-state index contributed by atoms with van der Waals surface area (Å²) in [6.45, 7) is 2.09. The second-order valence-electron chi connectivity index (χ2n) is 6.77. The SMILES string of the molecule is Cc1c(CSc2nc3ccccc3c(=O)n2Cc2cccnc2)cccc1[N+](=O)[O-]. The maximum Gasteiger partial charge on any atom is 0.272 e. The summed E-state index contributed by atoms with van der Waals surface area (Å²) in [7, 11) is 0. The van der Waals surface area contributed by atoms with E-state index >= 15 is 0 Å². The molecule has 0 aliphatic carbocycles. The van der Waals surface area contributed by atoms with Crippen LogP contribution in [0.15, 0.2) is 76.9 Å². The number of nitro benzene ring substituents is 1. The van der Waals surface area contributed by atoms with Gasteiger partial charge in [-0.2, -0.15) is 0 Å². The molecular weight excluding hydrogens is 400 g/mol. The lowest BCUT2D eigenvalue weighted by atomic mass is 10.1. The van der Waals surface area contributed by atoms with E-state index in [9.17, 15) is 14.9 Å². The highest BCUT2D eigenvalue weighted by Gasteiger charge is 2.16. The van der Waals surface area contributed by atoms with Crippen molar-refractivity contribution in [2.45, 2.75) is 24.4 Å². The minimum atomic E-state index is -0.379. The van der Waals surface area contributed by atoms with Gasteiger partial charge in [-0.15, -0.1) is 0 Å². The molecule has 0 fully saturated rings. The van der Waals surface area contributed by atoms with Gasteiger partial charge in [0.2, 0.25) is 0 Å².